The Morgan fingerprint density at radius 3 is 2.59 bits per heavy atom. The molecule has 1 aliphatic heterocycles. The van der Waals surface area contributed by atoms with Crippen LogP contribution in [-0.4, -0.2) is 56.9 Å². The highest BCUT2D eigenvalue weighted by Gasteiger charge is 2.38. The predicted octanol–water partition coefficient (Wildman–Crippen LogP) is 3.60. The first-order valence-electron chi connectivity index (χ1n) is 11.4. The fourth-order valence-corrected chi connectivity index (χ4v) is 4.60. The van der Waals surface area contributed by atoms with Crippen molar-refractivity contribution in [3.05, 3.63) is 69.9 Å². The molecule has 2 aromatic rings. The van der Waals surface area contributed by atoms with Crippen molar-refractivity contribution in [2.75, 3.05) is 39.6 Å². The number of nitrogens with one attached hydrogen (secondary N) is 1. The van der Waals surface area contributed by atoms with Crippen LogP contribution in [0.1, 0.15) is 29.7 Å². The predicted molar refractivity (Wildman–Crippen MR) is 127 cm³/mol. The van der Waals surface area contributed by atoms with E-state index in [2.05, 4.69) is 5.32 Å². The fourth-order valence-electron chi connectivity index (χ4n) is 3.73. The summed E-state index contributed by atoms with van der Waals surface area (Å²) in [6.07, 6.45) is 1.94. The zero-order valence-corrected chi connectivity index (χ0v) is 20.1. The Bertz CT molecular complexity index is 889. The van der Waals surface area contributed by atoms with Crippen molar-refractivity contribution >= 4 is 17.2 Å². The molecule has 0 bridgehead atoms. The molecule has 1 aliphatic rings. The normalized spacial score (nSPS) is 20.0. The standard InChI is InChI=1S/C25H32FNO6S/c1-2-32-25-20(9-11-30-13-14-31-12-10-28)21(23-4-3-15-34-23)16-22(33-25)24(29)27-17-18-5-7-19(26)8-6-18/h3-8,15-16,20-21,25,28H,2,9-14,17H2,1H3,(H,27,29)/t20-,21-,25+/m1/s1. The molecule has 186 valence electrons. The number of amides is 1. The van der Waals surface area contributed by atoms with E-state index in [-0.39, 0.29) is 42.5 Å². The number of allylic oxidation sites excluding steroid dienone is 1. The highest BCUT2D eigenvalue weighted by Crippen LogP contribution is 2.40. The summed E-state index contributed by atoms with van der Waals surface area (Å²) in [4.78, 5) is 14.0. The lowest BCUT2D eigenvalue weighted by atomic mass is 9.85. The molecule has 3 rings (SSSR count). The van der Waals surface area contributed by atoms with Crippen LogP contribution in [0.15, 0.2) is 53.6 Å². The second kappa shape index (κ2) is 14.2. The van der Waals surface area contributed by atoms with Crippen LogP contribution in [0, 0.1) is 11.7 Å². The van der Waals surface area contributed by atoms with Crippen LogP contribution in [0.5, 0.6) is 0 Å². The Balaban J connectivity index is 1.67. The summed E-state index contributed by atoms with van der Waals surface area (Å²) >= 11 is 1.62. The number of benzene rings is 1. The third kappa shape index (κ3) is 7.89. The molecule has 9 heteroatoms. The number of hydrogen-bond donors (Lipinski definition) is 2. The van der Waals surface area contributed by atoms with Gasteiger partial charge >= 0.3 is 0 Å². The highest BCUT2D eigenvalue weighted by atomic mass is 32.1. The number of ether oxygens (including phenoxy) is 4. The SMILES string of the molecule is CCO[C@H]1OC(C(=O)NCc2ccc(F)cc2)=C[C@@H](c2cccs2)[C@H]1CCOCCOCCO. The summed E-state index contributed by atoms with van der Waals surface area (Å²) in [5, 5.41) is 13.6. The molecule has 1 amide bonds. The smallest absolute Gasteiger partial charge is 0.286 e. The first-order chi connectivity index (χ1) is 16.6. The summed E-state index contributed by atoms with van der Waals surface area (Å²) in [5.41, 5.74) is 0.792. The molecule has 0 aliphatic carbocycles. The minimum atomic E-state index is -0.595. The number of carbonyl (C=O) groups excluding carboxylic acids is 1. The number of aliphatic hydroxyl groups is 1. The van der Waals surface area contributed by atoms with Crippen LogP contribution in [0.25, 0.3) is 0 Å². The first kappa shape index (κ1) is 26.3. The molecule has 2 N–H and O–H groups in total. The minimum Gasteiger partial charge on any atom is -0.459 e. The highest BCUT2D eigenvalue weighted by molar-refractivity contribution is 7.10. The molecule has 7 nitrogen and oxygen atoms in total. The summed E-state index contributed by atoms with van der Waals surface area (Å²) in [6.45, 7) is 4.22. The Morgan fingerprint density at radius 1 is 1.15 bits per heavy atom. The van der Waals surface area contributed by atoms with E-state index in [9.17, 15) is 9.18 Å². The van der Waals surface area contributed by atoms with Gasteiger partial charge in [-0.3, -0.25) is 4.79 Å². The number of halogens is 1. The van der Waals surface area contributed by atoms with Crippen molar-refractivity contribution in [2.24, 2.45) is 5.92 Å². The Labute approximate surface area is 203 Å². The van der Waals surface area contributed by atoms with Crippen LogP contribution < -0.4 is 5.32 Å². The van der Waals surface area contributed by atoms with Crippen molar-refractivity contribution in [1.82, 2.24) is 5.32 Å². The third-order valence-corrected chi connectivity index (χ3v) is 6.35. The van der Waals surface area contributed by atoms with E-state index in [4.69, 9.17) is 24.1 Å². The lowest BCUT2D eigenvalue weighted by molar-refractivity contribution is -0.168. The second-order valence-electron chi connectivity index (χ2n) is 7.72. The Kier molecular flexibility index (Phi) is 11.0. The molecule has 3 atom stereocenters. The maximum absolute atomic E-state index is 13.1. The van der Waals surface area contributed by atoms with E-state index in [0.717, 1.165) is 10.4 Å². The van der Waals surface area contributed by atoms with Crippen molar-refractivity contribution in [3.8, 4) is 0 Å². The lowest BCUT2D eigenvalue weighted by Gasteiger charge is -2.36. The molecule has 0 spiro atoms. The van der Waals surface area contributed by atoms with E-state index in [0.29, 0.717) is 39.5 Å². The fraction of sp³-hybridized carbons (Fsp3) is 0.480. The maximum Gasteiger partial charge on any atom is 0.286 e. The van der Waals surface area contributed by atoms with Gasteiger partial charge in [0.15, 0.2) is 5.76 Å². The van der Waals surface area contributed by atoms with E-state index >= 15 is 0 Å². The molecule has 34 heavy (non-hydrogen) atoms. The molecule has 1 aromatic heterocycles. The van der Waals surface area contributed by atoms with Crippen LogP contribution in [0.3, 0.4) is 0 Å². The number of thiophene rings is 1. The van der Waals surface area contributed by atoms with Gasteiger partial charge < -0.3 is 29.4 Å². The third-order valence-electron chi connectivity index (χ3n) is 5.38. The molecular formula is C25H32FNO6S. The molecule has 0 unspecified atom stereocenters. The Hall–Kier alpha value is -2.30. The molecule has 0 fully saturated rings. The zero-order chi connectivity index (χ0) is 24.2. The lowest BCUT2D eigenvalue weighted by Crippen LogP contribution is -2.39. The monoisotopic (exact) mass is 493 g/mol. The van der Waals surface area contributed by atoms with E-state index in [1.165, 1.54) is 12.1 Å². The number of hydrogen-bond acceptors (Lipinski definition) is 7. The molecule has 0 saturated carbocycles. The summed E-state index contributed by atoms with van der Waals surface area (Å²) in [5.74, 6) is -0.545. The van der Waals surface area contributed by atoms with Crippen LogP contribution >= 0.6 is 11.3 Å². The van der Waals surface area contributed by atoms with Gasteiger partial charge in [-0.15, -0.1) is 11.3 Å². The van der Waals surface area contributed by atoms with Crippen LogP contribution in [-0.2, 0) is 30.3 Å². The van der Waals surface area contributed by atoms with Gasteiger partial charge in [-0.05, 0) is 48.6 Å². The minimum absolute atomic E-state index is 0.00983. The van der Waals surface area contributed by atoms with Gasteiger partial charge in [0.1, 0.15) is 5.82 Å². The number of carbonyl (C=O) groups is 1. The van der Waals surface area contributed by atoms with Gasteiger partial charge in [-0.1, -0.05) is 18.2 Å². The van der Waals surface area contributed by atoms with Gasteiger partial charge in [0, 0.05) is 36.5 Å². The van der Waals surface area contributed by atoms with Gasteiger partial charge in [-0.2, -0.15) is 0 Å². The van der Waals surface area contributed by atoms with Crippen molar-refractivity contribution in [1.29, 1.82) is 0 Å². The van der Waals surface area contributed by atoms with E-state index < -0.39 is 6.29 Å². The van der Waals surface area contributed by atoms with E-state index in [1.807, 2.05) is 30.5 Å². The molecular weight excluding hydrogens is 461 g/mol. The van der Waals surface area contributed by atoms with Crippen molar-refractivity contribution in [2.45, 2.75) is 32.1 Å². The average Bonchev–Trinajstić information content (AvgIpc) is 3.38. The average molecular weight is 494 g/mol. The largest absolute Gasteiger partial charge is 0.459 e. The van der Waals surface area contributed by atoms with Crippen molar-refractivity contribution in [3.63, 3.8) is 0 Å². The van der Waals surface area contributed by atoms with Gasteiger partial charge in [-0.25, -0.2) is 4.39 Å². The van der Waals surface area contributed by atoms with Gasteiger partial charge in [0.2, 0.25) is 6.29 Å². The van der Waals surface area contributed by atoms with E-state index in [1.54, 1.807) is 23.5 Å². The van der Waals surface area contributed by atoms with Crippen molar-refractivity contribution < 1.29 is 33.2 Å². The zero-order valence-electron chi connectivity index (χ0n) is 19.3. The summed E-state index contributed by atoms with van der Waals surface area (Å²) in [6, 6.07) is 10.0. The number of aliphatic hydroxyl groups excluding tert-OH is 1. The van der Waals surface area contributed by atoms with Crippen LogP contribution in [0.2, 0.25) is 0 Å². The Morgan fingerprint density at radius 2 is 1.91 bits per heavy atom. The molecule has 0 saturated heterocycles. The summed E-state index contributed by atoms with van der Waals surface area (Å²) < 4.78 is 36.0. The second-order valence-corrected chi connectivity index (χ2v) is 8.70. The summed E-state index contributed by atoms with van der Waals surface area (Å²) in [7, 11) is 0. The van der Waals surface area contributed by atoms with Gasteiger partial charge in [0.05, 0.1) is 26.4 Å². The first-order valence-corrected chi connectivity index (χ1v) is 12.3. The molecule has 1 aromatic carbocycles. The molecule has 0 radical (unpaired) electrons. The quantitative estimate of drug-likeness (QED) is 0.391. The number of rotatable bonds is 14. The van der Waals surface area contributed by atoms with Gasteiger partial charge in [0.25, 0.3) is 5.91 Å². The topological polar surface area (TPSA) is 86.3 Å². The maximum atomic E-state index is 13.1. The molecule has 2 heterocycles. The van der Waals surface area contributed by atoms with Crippen LogP contribution in [0.4, 0.5) is 4.39 Å².